The zero-order valence-electron chi connectivity index (χ0n) is 12.9. The molecule has 1 amide bonds. The van der Waals surface area contributed by atoms with E-state index in [1.165, 1.54) is 0 Å². The van der Waals surface area contributed by atoms with Crippen molar-refractivity contribution in [1.82, 2.24) is 4.90 Å². The average Bonchev–Trinajstić information content (AvgIpc) is 2.69. The number of aliphatic hydroxyl groups is 1. The van der Waals surface area contributed by atoms with Crippen LogP contribution >= 0.6 is 0 Å². The Balaban J connectivity index is 1.78. The van der Waals surface area contributed by atoms with E-state index in [1.807, 2.05) is 24.3 Å². The van der Waals surface area contributed by atoms with Crippen molar-refractivity contribution in [2.24, 2.45) is 5.41 Å². The Hall–Kier alpha value is -1.61. The summed E-state index contributed by atoms with van der Waals surface area (Å²) in [5.41, 5.74) is 1.82. The molecule has 0 atom stereocenters. The molecule has 1 aromatic carbocycles. The fourth-order valence-electron chi connectivity index (χ4n) is 3.35. The molecule has 2 aliphatic rings. The maximum absolute atomic E-state index is 12.5. The van der Waals surface area contributed by atoms with Crippen molar-refractivity contribution in [3.63, 3.8) is 0 Å². The number of carbonyl (C=O) groups is 1. The van der Waals surface area contributed by atoms with Crippen molar-refractivity contribution < 1.29 is 9.90 Å². The predicted molar refractivity (Wildman–Crippen MR) is 83.7 cm³/mol. The van der Waals surface area contributed by atoms with Crippen LogP contribution in [0.3, 0.4) is 0 Å². The first-order valence-electron chi connectivity index (χ1n) is 7.64. The van der Waals surface area contributed by atoms with Gasteiger partial charge in [0.1, 0.15) is 0 Å². The van der Waals surface area contributed by atoms with Crippen LogP contribution in [0.15, 0.2) is 30.8 Å². The Morgan fingerprint density at radius 3 is 2.29 bits per heavy atom. The molecule has 3 heteroatoms. The highest BCUT2D eigenvalue weighted by Gasteiger charge is 2.41. The minimum Gasteiger partial charge on any atom is -0.388 e. The first-order chi connectivity index (χ1) is 9.81. The molecule has 1 aliphatic heterocycles. The quantitative estimate of drug-likeness (QED) is 0.904. The zero-order chi connectivity index (χ0) is 15.3. The van der Waals surface area contributed by atoms with Gasteiger partial charge in [-0.15, -0.1) is 0 Å². The monoisotopic (exact) mass is 285 g/mol. The average molecular weight is 285 g/mol. The summed E-state index contributed by atoms with van der Waals surface area (Å²) in [6, 6.07) is 7.53. The normalized spacial score (nSPS) is 23.3. The van der Waals surface area contributed by atoms with Crippen molar-refractivity contribution in [1.29, 1.82) is 0 Å². The molecule has 21 heavy (non-hydrogen) atoms. The van der Waals surface area contributed by atoms with Gasteiger partial charge in [-0.3, -0.25) is 4.79 Å². The lowest BCUT2D eigenvalue weighted by Gasteiger charge is -2.42. The number of nitrogens with zero attached hydrogens (tertiary/aromatic N) is 1. The maximum atomic E-state index is 12.5. The maximum Gasteiger partial charge on any atom is 0.259 e. The van der Waals surface area contributed by atoms with Crippen LogP contribution in [0.2, 0.25) is 0 Å². The summed E-state index contributed by atoms with van der Waals surface area (Å²) in [5.74, 6) is -0.0335. The van der Waals surface area contributed by atoms with Gasteiger partial charge in [0.15, 0.2) is 0 Å². The van der Waals surface area contributed by atoms with Crippen LogP contribution in [0, 0.1) is 5.41 Å². The largest absolute Gasteiger partial charge is 0.388 e. The van der Waals surface area contributed by atoms with Gasteiger partial charge in [0.25, 0.3) is 5.91 Å². The van der Waals surface area contributed by atoms with Crippen LogP contribution < -0.4 is 0 Å². The van der Waals surface area contributed by atoms with Crippen molar-refractivity contribution in [2.75, 3.05) is 6.54 Å². The number of fused-ring (bicyclic) bond motifs is 1. The molecule has 1 aliphatic carbocycles. The van der Waals surface area contributed by atoms with E-state index in [9.17, 15) is 9.90 Å². The van der Waals surface area contributed by atoms with Crippen molar-refractivity contribution in [3.05, 3.63) is 42.0 Å². The van der Waals surface area contributed by atoms with Crippen LogP contribution in [-0.2, 0) is 0 Å². The molecule has 0 unspecified atom stereocenters. The summed E-state index contributed by atoms with van der Waals surface area (Å²) < 4.78 is 0. The third-order valence-electron chi connectivity index (χ3n) is 5.03. The zero-order valence-corrected chi connectivity index (χ0v) is 12.9. The molecule has 1 N–H and O–H groups in total. The molecule has 3 rings (SSSR count). The molecule has 0 saturated heterocycles. The topological polar surface area (TPSA) is 40.5 Å². The van der Waals surface area contributed by atoms with E-state index in [1.54, 1.807) is 4.90 Å². The van der Waals surface area contributed by atoms with Gasteiger partial charge in [-0.1, -0.05) is 38.6 Å². The van der Waals surface area contributed by atoms with Crippen LogP contribution in [-0.4, -0.2) is 28.1 Å². The van der Waals surface area contributed by atoms with Crippen molar-refractivity contribution in [3.8, 4) is 0 Å². The Kier molecular flexibility index (Phi) is 3.21. The molecule has 1 saturated carbocycles. The first-order valence-corrected chi connectivity index (χ1v) is 7.64. The van der Waals surface area contributed by atoms with Crippen LogP contribution in [0.25, 0.3) is 5.70 Å². The fraction of sp³-hybridized carbons (Fsp3) is 0.500. The predicted octanol–water partition coefficient (Wildman–Crippen LogP) is 3.44. The molecule has 1 fully saturated rings. The van der Waals surface area contributed by atoms with Gasteiger partial charge in [-0.05, 0) is 37.2 Å². The second-order valence-electron chi connectivity index (χ2n) is 7.27. The standard InChI is InChI=1S/C18H23NO2/c1-13-14-6-4-5-7-15(14)16(20)19(13)12-18(21)10-8-17(2,3)9-11-18/h4-7,21H,1,8-12H2,2-3H3. The number of rotatable bonds is 2. The summed E-state index contributed by atoms with van der Waals surface area (Å²) in [7, 11) is 0. The van der Waals surface area contributed by atoms with E-state index in [4.69, 9.17) is 0 Å². The van der Waals surface area contributed by atoms with Crippen molar-refractivity contribution >= 4 is 11.6 Å². The first kappa shape index (κ1) is 14.3. The third-order valence-corrected chi connectivity index (χ3v) is 5.03. The van der Waals surface area contributed by atoms with E-state index >= 15 is 0 Å². The summed E-state index contributed by atoms with van der Waals surface area (Å²) in [4.78, 5) is 14.2. The Morgan fingerprint density at radius 2 is 1.71 bits per heavy atom. The lowest BCUT2D eigenvalue weighted by Crippen LogP contribution is -2.46. The lowest BCUT2D eigenvalue weighted by atomic mass is 9.71. The molecule has 0 spiro atoms. The lowest BCUT2D eigenvalue weighted by molar-refractivity contribution is -0.0368. The minimum atomic E-state index is -0.782. The fourth-order valence-corrected chi connectivity index (χ4v) is 3.35. The van der Waals surface area contributed by atoms with E-state index in [-0.39, 0.29) is 5.91 Å². The van der Waals surface area contributed by atoms with Gasteiger partial charge in [0, 0.05) is 16.8 Å². The SMILES string of the molecule is C=C1c2ccccc2C(=O)N1CC1(O)CCC(C)(C)CC1. The van der Waals surface area contributed by atoms with Gasteiger partial charge in [0.05, 0.1) is 12.1 Å². The number of hydrogen-bond donors (Lipinski definition) is 1. The molecule has 1 aromatic rings. The highest BCUT2D eigenvalue weighted by Crippen LogP contribution is 2.42. The summed E-state index contributed by atoms with van der Waals surface area (Å²) >= 11 is 0. The van der Waals surface area contributed by atoms with E-state index < -0.39 is 5.60 Å². The second-order valence-corrected chi connectivity index (χ2v) is 7.27. The van der Waals surface area contributed by atoms with Crippen molar-refractivity contribution in [2.45, 2.75) is 45.1 Å². The smallest absolute Gasteiger partial charge is 0.259 e. The van der Waals surface area contributed by atoms with Gasteiger partial charge >= 0.3 is 0 Å². The molecule has 3 nitrogen and oxygen atoms in total. The number of amides is 1. The van der Waals surface area contributed by atoms with E-state index in [0.717, 1.165) is 31.2 Å². The third kappa shape index (κ3) is 2.51. The molecule has 0 bridgehead atoms. The summed E-state index contributed by atoms with van der Waals surface area (Å²) in [6.45, 7) is 8.88. The van der Waals surface area contributed by atoms with Gasteiger partial charge in [-0.2, -0.15) is 0 Å². The number of carbonyl (C=O) groups excluding carboxylic acids is 1. The molecule has 1 heterocycles. The number of benzene rings is 1. The highest BCUT2D eigenvalue weighted by atomic mass is 16.3. The molecular formula is C18H23NO2. The van der Waals surface area contributed by atoms with Gasteiger partial charge in [0.2, 0.25) is 0 Å². The highest BCUT2D eigenvalue weighted by molar-refractivity contribution is 6.08. The van der Waals surface area contributed by atoms with Gasteiger partial charge < -0.3 is 10.0 Å². The number of β-amino-alcohol motifs (C(OH)–C–C–N with tert-alkyl or cyclic N) is 1. The Bertz CT molecular complexity index is 558. The van der Waals surface area contributed by atoms with Crippen LogP contribution in [0.4, 0.5) is 0 Å². The Labute approximate surface area is 126 Å². The van der Waals surface area contributed by atoms with Gasteiger partial charge in [-0.25, -0.2) is 0 Å². The summed E-state index contributed by atoms with van der Waals surface area (Å²) in [6.07, 6.45) is 3.47. The minimum absolute atomic E-state index is 0.0335. The van der Waals surface area contributed by atoms with Crippen LogP contribution in [0.1, 0.15) is 55.5 Å². The molecular weight excluding hydrogens is 262 g/mol. The number of hydrogen-bond acceptors (Lipinski definition) is 2. The molecule has 112 valence electrons. The van der Waals surface area contributed by atoms with Crippen LogP contribution in [0.5, 0.6) is 0 Å². The van der Waals surface area contributed by atoms with E-state index in [2.05, 4.69) is 20.4 Å². The second kappa shape index (κ2) is 4.70. The summed E-state index contributed by atoms with van der Waals surface area (Å²) in [5, 5.41) is 10.8. The molecule has 0 aromatic heterocycles. The Morgan fingerprint density at radius 1 is 1.14 bits per heavy atom. The molecule has 0 radical (unpaired) electrons. The van der Waals surface area contributed by atoms with E-state index in [0.29, 0.717) is 23.2 Å².